The van der Waals surface area contributed by atoms with Gasteiger partial charge in [-0.3, -0.25) is 4.31 Å². The van der Waals surface area contributed by atoms with Crippen LogP contribution in [-0.2, 0) is 16.6 Å². The van der Waals surface area contributed by atoms with E-state index in [1.165, 1.54) is 10.6 Å². The van der Waals surface area contributed by atoms with Gasteiger partial charge >= 0.3 is 0 Å². The van der Waals surface area contributed by atoms with Crippen LogP contribution in [0.4, 0.5) is 5.69 Å². The van der Waals surface area contributed by atoms with E-state index >= 15 is 0 Å². The van der Waals surface area contributed by atoms with Gasteiger partial charge in [0.25, 0.3) is 0 Å². The van der Waals surface area contributed by atoms with E-state index < -0.39 is 10.0 Å². The second-order valence-corrected chi connectivity index (χ2v) is 10.5. The van der Waals surface area contributed by atoms with Crippen LogP contribution in [0.1, 0.15) is 11.1 Å². The first kappa shape index (κ1) is 22.8. The maximum Gasteiger partial charge on any atom is 0.232 e. The molecule has 0 radical (unpaired) electrons. The molecule has 0 fully saturated rings. The molecule has 0 aliphatic rings. The molecule has 0 N–H and O–H groups in total. The van der Waals surface area contributed by atoms with E-state index in [9.17, 15) is 8.42 Å². The topological polar surface area (TPSA) is 50.3 Å². The van der Waals surface area contributed by atoms with Crippen LogP contribution in [0.3, 0.4) is 0 Å². The van der Waals surface area contributed by atoms with Crippen molar-refractivity contribution in [2.45, 2.75) is 13.5 Å². The lowest BCUT2D eigenvalue weighted by atomic mass is 9.93. The third-order valence-electron chi connectivity index (χ3n) is 6.15. The van der Waals surface area contributed by atoms with Gasteiger partial charge in [0.05, 0.1) is 29.7 Å². The van der Waals surface area contributed by atoms with E-state index in [0.29, 0.717) is 5.69 Å². The van der Waals surface area contributed by atoms with Gasteiger partial charge in [-0.2, -0.15) is 0 Å². The summed E-state index contributed by atoms with van der Waals surface area (Å²) in [7, 11) is -3.64. The van der Waals surface area contributed by atoms with Crippen molar-refractivity contribution in [2.75, 3.05) is 10.6 Å². The van der Waals surface area contributed by atoms with Gasteiger partial charge in [-0.25, -0.2) is 13.4 Å². The monoisotopic (exact) mass is 478 g/mol. The Morgan fingerprint density at radius 3 is 2.03 bits per heavy atom. The predicted molar refractivity (Wildman–Crippen MR) is 145 cm³/mol. The van der Waals surface area contributed by atoms with Gasteiger partial charge in [0.2, 0.25) is 10.0 Å². The SMILES string of the molecule is Cc1ccccc1-c1nc2ccccc2c(N(Cc2ccccc2)S(C)(=O)=O)c1-c1ccccc1. The van der Waals surface area contributed by atoms with E-state index in [4.69, 9.17) is 4.98 Å². The molecule has 0 saturated heterocycles. The number of benzene rings is 4. The van der Waals surface area contributed by atoms with Crippen LogP contribution >= 0.6 is 0 Å². The van der Waals surface area contributed by atoms with Crippen molar-refractivity contribution in [1.29, 1.82) is 0 Å². The molecular formula is C30H26N2O2S. The molecular weight excluding hydrogens is 452 g/mol. The molecule has 35 heavy (non-hydrogen) atoms. The van der Waals surface area contributed by atoms with Gasteiger partial charge in [0.1, 0.15) is 0 Å². The normalized spacial score (nSPS) is 11.5. The lowest BCUT2D eigenvalue weighted by Crippen LogP contribution is -2.30. The molecule has 4 aromatic carbocycles. The Kier molecular flexibility index (Phi) is 6.10. The lowest BCUT2D eigenvalue weighted by Gasteiger charge is -2.28. The number of nitrogens with zero attached hydrogens (tertiary/aromatic N) is 2. The average Bonchev–Trinajstić information content (AvgIpc) is 2.87. The van der Waals surface area contributed by atoms with Crippen molar-refractivity contribution < 1.29 is 8.42 Å². The summed E-state index contributed by atoms with van der Waals surface area (Å²) in [5, 5.41) is 0.796. The summed E-state index contributed by atoms with van der Waals surface area (Å²) >= 11 is 0. The number of aromatic nitrogens is 1. The maximum atomic E-state index is 13.4. The highest BCUT2D eigenvalue weighted by Gasteiger charge is 2.27. The summed E-state index contributed by atoms with van der Waals surface area (Å²) in [5.74, 6) is 0. The van der Waals surface area contributed by atoms with Crippen LogP contribution in [0.15, 0.2) is 109 Å². The highest BCUT2D eigenvalue weighted by atomic mass is 32.2. The summed E-state index contributed by atoms with van der Waals surface area (Å²) in [5.41, 5.74) is 6.85. The van der Waals surface area contributed by atoms with Gasteiger partial charge in [0, 0.05) is 16.5 Å². The van der Waals surface area contributed by atoms with Gasteiger partial charge in [-0.1, -0.05) is 103 Å². The first-order valence-corrected chi connectivity index (χ1v) is 13.3. The number of sulfonamides is 1. The molecule has 0 atom stereocenters. The molecule has 0 saturated carbocycles. The highest BCUT2D eigenvalue weighted by molar-refractivity contribution is 7.92. The van der Waals surface area contributed by atoms with Crippen LogP contribution in [0, 0.1) is 6.92 Å². The third-order valence-corrected chi connectivity index (χ3v) is 7.26. The van der Waals surface area contributed by atoms with Crippen molar-refractivity contribution in [3.63, 3.8) is 0 Å². The van der Waals surface area contributed by atoms with Crippen LogP contribution in [0.2, 0.25) is 0 Å². The molecule has 5 aromatic rings. The number of fused-ring (bicyclic) bond motifs is 1. The molecule has 5 heteroatoms. The summed E-state index contributed by atoms with van der Waals surface area (Å²) in [6.07, 6.45) is 1.27. The van der Waals surface area contributed by atoms with Crippen LogP contribution < -0.4 is 4.31 Å². The minimum absolute atomic E-state index is 0.223. The summed E-state index contributed by atoms with van der Waals surface area (Å²) < 4.78 is 28.3. The second-order valence-electron chi connectivity index (χ2n) is 8.64. The quantitative estimate of drug-likeness (QED) is 0.268. The molecule has 0 unspecified atom stereocenters. The Morgan fingerprint density at radius 1 is 0.743 bits per heavy atom. The maximum absolute atomic E-state index is 13.4. The number of aryl methyl sites for hydroxylation is 1. The van der Waals surface area contributed by atoms with Crippen LogP contribution in [0.25, 0.3) is 33.3 Å². The smallest absolute Gasteiger partial charge is 0.232 e. The van der Waals surface area contributed by atoms with Crippen molar-refractivity contribution in [3.8, 4) is 22.4 Å². The van der Waals surface area contributed by atoms with Crippen LogP contribution in [0.5, 0.6) is 0 Å². The summed E-state index contributed by atoms with van der Waals surface area (Å²) in [4.78, 5) is 5.09. The molecule has 4 nitrogen and oxygen atoms in total. The Labute approximate surface area is 206 Å². The molecule has 0 amide bonds. The second kappa shape index (κ2) is 9.35. The summed E-state index contributed by atoms with van der Waals surface area (Å²) in [6, 6.07) is 35.5. The minimum atomic E-state index is -3.64. The Morgan fingerprint density at radius 2 is 1.34 bits per heavy atom. The fourth-order valence-corrected chi connectivity index (χ4v) is 5.38. The molecule has 0 aliphatic carbocycles. The first-order valence-electron chi connectivity index (χ1n) is 11.5. The Balaban J connectivity index is 1.93. The van der Waals surface area contributed by atoms with Gasteiger partial charge in [-0.15, -0.1) is 0 Å². The predicted octanol–water partition coefficient (Wildman–Crippen LogP) is 6.84. The number of hydrogen-bond donors (Lipinski definition) is 0. The van der Waals surface area contributed by atoms with E-state index in [1.807, 2.05) is 103 Å². The number of para-hydroxylation sites is 1. The molecule has 174 valence electrons. The van der Waals surface area contributed by atoms with Gasteiger partial charge in [0.15, 0.2) is 0 Å². The van der Waals surface area contributed by atoms with Crippen molar-refractivity contribution >= 4 is 26.6 Å². The molecule has 0 aliphatic heterocycles. The fourth-order valence-electron chi connectivity index (χ4n) is 4.48. The largest absolute Gasteiger partial charge is 0.265 e. The molecule has 5 rings (SSSR count). The van der Waals surface area contributed by atoms with Crippen LogP contribution in [-0.4, -0.2) is 19.7 Å². The average molecular weight is 479 g/mol. The van der Waals surface area contributed by atoms with Crippen molar-refractivity contribution in [1.82, 2.24) is 4.98 Å². The summed E-state index contributed by atoms with van der Waals surface area (Å²) in [6.45, 7) is 2.28. The zero-order chi connectivity index (χ0) is 24.4. The standard InChI is InChI=1S/C30H26N2O2S/c1-22-13-9-10-18-25(22)29-28(24-16-7-4-8-17-24)30(26-19-11-12-20-27(26)31-29)32(35(2,33)34)21-23-14-5-3-6-15-23/h3-20H,21H2,1-2H3. The third kappa shape index (κ3) is 4.55. The zero-order valence-corrected chi connectivity index (χ0v) is 20.5. The van der Waals surface area contributed by atoms with E-state index in [1.54, 1.807) is 0 Å². The van der Waals surface area contributed by atoms with E-state index in [-0.39, 0.29) is 6.54 Å². The first-order chi connectivity index (χ1) is 16.9. The van der Waals surface area contributed by atoms with Gasteiger partial charge in [-0.05, 0) is 29.7 Å². The number of rotatable bonds is 6. The van der Waals surface area contributed by atoms with E-state index in [2.05, 4.69) is 13.0 Å². The van der Waals surface area contributed by atoms with Crippen molar-refractivity contribution in [3.05, 3.63) is 120 Å². The number of pyridine rings is 1. The minimum Gasteiger partial charge on any atom is -0.265 e. The molecule has 0 bridgehead atoms. The van der Waals surface area contributed by atoms with E-state index in [0.717, 1.165) is 44.4 Å². The molecule has 1 aromatic heterocycles. The number of anilines is 1. The number of hydrogen-bond acceptors (Lipinski definition) is 3. The lowest BCUT2D eigenvalue weighted by molar-refractivity contribution is 0.596. The fraction of sp³-hybridized carbons (Fsp3) is 0.100. The Hall–Kier alpha value is -3.96. The molecule has 1 heterocycles. The van der Waals surface area contributed by atoms with Crippen molar-refractivity contribution in [2.24, 2.45) is 0 Å². The Bertz CT molecular complexity index is 1600. The zero-order valence-electron chi connectivity index (χ0n) is 19.7. The van der Waals surface area contributed by atoms with Gasteiger partial charge < -0.3 is 0 Å². The molecule has 0 spiro atoms. The highest BCUT2D eigenvalue weighted by Crippen LogP contribution is 2.44.